The Morgan fingerprint density at radius 2 is 1.96 bits per heavy atom. The summed E-state index contributed by atoms with van der Waals surface area (Å²) in [6.07, 6.45) is 1.13. The molecule has 1 N–H and O–H groups in total. The van der Waals surface area contributed by atoms with Gasteiger partial charge in [0, 0.05) is 15.6 Å². The summed E-state index contributed by atoms with van der Waals surface area (Å²) >= 11 is 2.24. The SMILES string of the molecule is CCOC(=O)Nc1cccc(CCC#Cc2ccc(OC)cc2)c1I. The van der Waals surface area contributed by atoms with Gasteiger partial charge in [-0.1, -0.05) is 24.0 Å². The fourth-order valence-electron chi connectivity index (χ4n) is 2.18. The quantitative estimate of drug-likeness (QED) is 0.525. The van der Waals surface area contributed by atoms with E-state index < -0.39 is 6.09 Å². The standard InChI is InChI=1S/C20H20INO3/c1-3-25-20(23)22-18-10-6-9-16(19(18)21)8-5-4-7-15-11-13-17(24-2)14-12-15/h6,9-14H,3,5,8H2,1-2H3,(H,22,23). The Balaban J connectivity index is 1.96. The fourth-order valence-corrected chi connectivity index (χ4v) is 2.95. The predicted octanol–water partition coefficient (Wildman–Crippen LogP) is 4.85. The monoisotopic (exact) mass is 449 g/mol. The van der Waals surface area contributed by atoms with Gasteiger partial charge in [-0.15, -0.1) is 0 Å². The Morgan fingerprint density at radius 1 is 1.20 bits per heavy atom. The summed E-state index contributed by atoms with van der Waals surface area (Å²) < 4.78 is 11.1. The number of nitrogens with one attached hydrogen (secondary N) is 1. The molecule has 1 amide bonds. The van der Waals surface area contributed by atoms with Crippen molar-refractivity contribution in [1.82, 2.24) is 0 Å². The maximum absolute atomic E-state index is 11.6. The topological polar surface area (TPSA) is 47.6 Å². The predicted molar refractivity (Wildman–Crippen MR) is 108 cm³/mol. The van der Waals surface area contributed by atoms with Gasteiger partial charge in [-0.25, -0.2) is 4.79 Å². The highest BCUT2D eigenvalue weighted by atomic mass is 127. The molecule has 0 unspecified atom stereocenters. The molecule has 0 aromatic heterocycles. The van der Waals surface area contributed by atoms with Crippen LogP contribution < -0.4 is 10.1 Å². The van der Waals surface area contributed by atoms with Crippen LogP contribution in [0, 0.1) is 15.4 Å². The van der Waals surface area contributed by atoms with E-state index in [0.29, 0.717) is 6.61 Å². The molecule has 0 spiro atoms. The van der Waals surface area contributed by atoms with Gasteiger partial charge in [0.15, 0.2) is 0 Å². The van der Waals surface area contributed by atoms with Gasteiger partial charge in [0.2, 0.25) is 0 Å². The highest BCUT2D eigenvalue weighted by molar-refractivity contribution is 14.1. The van der Waals surface area contributed by atoms with Crippen LogP contribution in [0.4, 0.5) is 10.5 Å². The zero-order valence-electron chi connectivity index (χ0n) is 14.3. The number of methoxy groups -OCH3 is 1. The van der Waals surface area contributed by atoms with E-state index in [1.165, 1.54) is 0 Å². The van der Waals surface area contributed by atoms with Crippen LogP contribution in [0.3, 0.4) is 0 Å². The summed E-state index contributed by atoms with van der Waals surface area (Å²) in [5.74, 6) is 7.17. The Hall–Kier alpha value is -2.20. The smallest absolute Gasteiger partial charge is 0.411 e. The number of ether oxygens (including phenoxy) is 2. The first-order chi connectivity index (χ1) is 12.1. The maximum Gasteiger partial charge on any atom is 0.411 e. The number of aryl methyl sites for hydroxylation is 1. The van der Waals surface area contributed by atoms with Crippen LogP contribution in [0.15, 0.2) is 42.5 Å². The van der Waals surface area contributed by atoms with Crippen molar-refractivity contribution < 1.29 is 14.3 Å². The molecule has 0 saturated carbocycles. The molecule has 0 saturated heterocycles. The van der Waals surface area contributed by atoms with E-state index in [4.69, 9.17) is 9.47 Å². The first kappa shape index (κ1) is 19.1. The van der Waals surface area contributed by atoms with Crippen LogP contribution >= 0.6 is 22.6 Å². The van der Waals surface area contributed by atoms with E-state index in [2.05, 4.69) is 39.7 Å². The lowest BCUT2D eigenvalue weighted by molar-refractivity contribution is 0.168. The first-order valence-corrected chi connectivity index (χ1v) is 9.06. The van der Waals surface area contributed by atoms with Crippen LogP contribution in [0.5, 0.6) is 5.75 Å². The zero-order chi connectivity index (χ0) is 18.1. The number of hydrogen-bond acceptors (Lipinski definition) is 3. The van der Waals surface area contributed by atoms with Gasteiger partial charge in [0.1, 0.15) is 5.75 Å². The lowest BCUT2D eigenvalue weighted by Gasteiger charge is -2.10. The van der Waals surface area contributed by atoms with Gasteiger partial charge in [-0.05, 0) is 71.8 Å². The van der Waals surface area contributed by atoms with Crippen LogP contribution in [0.25, 0.3) is 0 Å². The van der Waals surface area contributed by atoms with E-state index in [-0.39, 0.29) is 0 Å². The Labute approximate surface area is 162 Å². The molecule has 0 bridgehead atoms. The van der Waals surface area contributed by atoms with Gasteiger partial charge in [0.05, 0.1) is 19.4 Å². The molecular formula is C20H20INO3. The van der Waals surface area contributed by atoms with E-state index in [0.717, 1.165) is 39.0 Å². The highest BCUT2D eigenvalue weighted by Gasteiger charge is 2.08. The summed E-state index contributed by atoms with van der Waals surface area (Å²) in [6.45, 7) is 2.13. The van der Waals surface area contributed by atoms with Crippen molar-refractivity contribution in [2.24, 2.45) is 0 Å². The molecule has 25 heavy (non-hydrogen) atoms. The summed E-state index contributed by atoms with van der Waals surface area (Å²) in [5.41, 5.74) is 2.88. The minimum atomic E-state index is -0.433. The van der Waals surface area contributed by atoms with Crippen molar-refractivity contribution >= 4 is 34.4 Å². The minimum Gasteiger partial charge on any atom is -0.497 e. The summed E-state index contributed by atoms with van der Waals surface area (Å²) in [4.78, 5) is 11.6. The molecule has 2 rings (SSSR count). The zero-order valence-corrected chi connectivity index (χ0v) is 16.4. The van der Waals surface area contributed by atoms with E-state index in [1.807, 2.05) is 42.5 Å². The summed E-state index contributed by atoms with van der Waals surface area (Å²) in [7, 11) is 1.65. The van der Waals surface area contributed by atoms with Crippen LogP contribution in [0.1, 0.15) is 24.5 Å². The van der Waals surface area contributed by atoms with Gasteiger partial charge in [0.25, 0.3) is 0 Å². The van der Waals surface area contributed by atoms with Crippen LogP contribution in [-0.4, -0.2) is 19.8 Å². The number of carbonyl (C=O) groups excluding carboxylic acids is 1. The van der Waals surface area contributed by atoms with E-state index in [9.17, 15) is 4.79 Å². The van der Waals surface area contributed by atoms with Crippen molar-refractivity contribution in [3.63, 3.8) is 0 Å². The number of anilines is 1. The Bertz CT molecular complexity index is 776. The number of benzene rings is 2. The van der Waals surface area contributed by atoms with Gasteiger partial charge in [-0.3, -0.25) is 5.32 Å². The molecule has 4 nitrogen and oxygen atoms in total. The second-order valence-electron chi connectivity index (χ2n) is 5.15. The largest absolute Gasteiger partial charge is 0.497 e. The Morgan fingerprint density at radius 3 is 2.64 bits per heavy atom. The second kappa shape index (κ2) is 9.94. The van der Waals surface area contributed by atoms with Crippen LogP contribution in [0.2, 0.25) is 0 Å². The van der Waals surface area contributed by atoms with Crippen molar-refractivity contribution in [2.75, 3.05) is 19.0 Å². The lowest BCUT2D eigenvalue weighted by Crippen LogP contribution is -2.14. The molecule has 0 radical (unpaired) electrons. The van der Waals surface area contributed by atoms with Crippen LogP contribution in [-0.2, 0) is 11.2 Å². The summed E-state index contributed by atoms with van der Waals surface area (Å²) in [5, 5.41) is 2.76. The lowest BCUT2D eigenvalue weighted by atomic mass is 10.1. The fraction of sp³-hybridized carbons (Fsp3) is 0.250. The van der Waals surface area contributed by atoms with E-state index >= 15 is 0 Å². The normalized spacial score (nSPS) is 9.72. The third-order valence-corrected chi connectivity index (χ3v) is 4.71. The molecule has 0 fully saturated rings. The van der Waals surface area contributed by atoms with Crippen molar-refractivity contribution in [3.8, 4) is 17.6 Å². The molecule has 2 aromatic rings. The molecule has 0 atom stereocenters. The second-order valence-corrected chi connectivity index (χ2v) is 6.23. The molecule has 0 heterocycles. The number of hydrogen-bond donors (Lipinski definition) is 1. The molecule has 5 heteroatoms. The Kier molecular flexibility index (Phi) is 7.61. The number of amides is 1. The number of carbonyl (C=O) groups is 1. The first-order valence-electron chi connectivity index (χ1n) is 7.98. The molecule has 0 aliphatic rings. The third kappa shape index (κ3) is 5.98. The van der Waals surface area contributed by atoms with Crippen molar-refractivity contribution in [3.05, 3.63) is 57.2 Å². The van der Waals surface area contributed by atoms with Crippen molar-refractivity contribution in [1.29, 1.82) is 0 Å². The summed E-state index contributed by atoms with van der Waals surface area (Å²) in [6, 6.07) is 13.5. The number of rotatable bonds is 5. The number of halogens is 1. The molecular weight excluding hydrogens is 429 g/mol. The third-order valence-electron chi connectivity index (χ3n) is 3.43. The maximum atomic E-state index is 11.6. The van der Waals surface area contributed by atoms with Crippen molar-refractivity contribution in [2.45, 2.75) is 19.8 Å². The average molecular weight is 449 g/mol. The molecule has 0 aliphatic carbocycles. The molecule has 2 aromatic carbocycles. The van der Waals surface area contributed by atoms with Gasteiger partial charge >= 0.3 is 6.09 Å². The minimum absolute atomic E-state index is 0.350. The molecule has 130 valence electrons. The highest BCUT2D eigenvalue weighted by Crippen LogP contribution is 2.23. The van der Waals surface area contributed by atoms with Gasteiger partial charge in [-0.2, -0.15) is 0 Å². The van der Waals surface area contributed by atoms with E-state index in [1.54, 1.807) is 14.0 Å². The average Bonchev–Trinajstić information content (AvgIpc) is 2.62. The van der Waals surface area contributed by atoms with Gasteiger partial charge < -0.3 is 9.47 Å². The molecule has 0 aliphatic heterocycles.